The number of hydrogen-bond acceptors (Lipinski definition) is 3. The molecule has 1 aromatic carbocycles. The first-order chi connectivity index (χ1) is 13.0. The molecule has 7 nitrogen and oxygen atoms in total. The van der Waals surface area contributed by atoms with Gasteiger partial charge in [0.25, 0.3) is 11.8 Å². The standard InChI is InChI=1S/C19H19ClN4O3/c1-2-17(25)22-15-5-3-4-13(10-15)18(26)23-6-8-24(9-7-23)19(27)16-11-14(20)12-21-16/h2-5,10-12,21H,1,6-9H2,(H,22,25). The number of H-pyrrole nitrogens is 1. The Hall–Kier alpha value is -3.06. The maximum atomic E-state index is 12.7. The predicted octanol–water partition coefficient (Wildman–Crippen LogP) is 2.39. The van der Waals surface area contributed by atoms with E-state index in [0.717, 1.165) is 0 Å². The number of aromatic nitrogens is 1. The highest BCUT2D eigenvalue weighted by Crippen LogP contribution is 2.16. The van der Waals surface area contributed by atoms with Crippen LogP contribution in [0.2, 0.25) is 5.02 Å². The Labute approximate surface area is 161 Å². The van der Waals surface area contributed by atoms with E-state index in [1.807, 2.05) is 0 Å². The first-order valence-corrected chi connectivity index (χ1v) is 8.81. The number of nitrogens with one attached hydrogen (secondary N) is 2. The summed E-state index contributed by atoms with van der Waals surface area (Å²) in [6.45, 7) is 5.15. The third-order valence-corrected chi connectivity index (χ3v) is 4.51. The largest absolute Gasteiger partial charge is 0.356 e. The maximum Gasteiger partial charge on any atom is 0.270 e. The lowest BCUT2D eigenvalue weighted by atomic mass is 10.1. The van der Waals surface area contributed by atoms with Gasteiger partial charge in [-0.1, -0.05) is 24.2 Å². The van der Waals surface area contributed by atoms with Crippen LogP contribution < -0.4 is 5.32 Å². The molecule has 140 valence electrons. The Morgan fingerprint density at radius 2 is 1.74 bits per heavy atom. The molecule has 2 N–H and O–H groups in total. The van der Waals surface area contributed by atoms with Crippen molar-refractivity contribution < 1.29 is 14.4 Å². The molecule has 0 radical (unpaired) electrons. The van der Waals surface area contributed by atoms with E-state index < -0.39 is 0 Å². The van der Waals surface area contributed by atoms with E-state index in [1.54, 1.807) is 46.3 Å². The number of amides is 3. The summed E-state index contributed by atoms with van der Waals surface area (Å²) < 4.78 is 0. The summed E-state index contributed by atoms with van der Waals surface area (Å²) >= 11 is 5.84. The highest BCUT2D eigenvalue weighted by atomic mass is 35.5. The fourth-order valence-electron chi connectivity index (χ4n) is 2.88. The molecule has 0 aliphatic carbocycles. The van der Waals surface area contributed by atoms with Gasteiger partial charge in [-0.2, -0.15) is 0 Å². The predicted molar refractivity (Wildman–Crippen MR) is 103 cm³/mol. The summed E-state index contributed by atoms with van der Waals surface area (Å²) in [7, 11) is 0. The summed E-state index contributed by atoms with van der Waals surface area (Å²) in [4.78, 5) is 42.8. The first-order valence-electron chi connectivity index (χ1n) is 8.44. The number of hydrogen-bond donors (Lipinski definition) is 2. The number of piperazine rings is 1. The lowest BCUT2D eigenvalue weighted by molar-refractivity contribution is -0.111. The molecule has 0 saturated carbocycles. The summed E-state index contributed by atoms with van der Waals surface area (Å²) in [6.07, 6.45) is 2.73. The molecule has 0 atom stereocenters. The second-order valence-electron chi connectivity index (χ2n) is 6.09. The van der Waals surface area contributed by atoms with Gasteiger partial charge in [0.1, 0.15) is 5.69 Å². The second kappa shape index (κ2) is 8.09. The van der Waals surface area contributed by atoms with Crippen LogP contribution in [0.4, 0.5) is 5.69 Å². The van der Waals surface area contributed by atoms with E-state index in [2.05, 4.69) is 16.9 Å². The molecule has 1 aliphatic heterocycles. The van der Waals surface area contributed by atoms with Gasteiger partial charge in [0, 0.05) is 43.6 Å². The number of nitrogens with zero attached hydrogens (tertiary/aromatic N) is 2. The van der Waals surface area contributed by atoms with E-state index in [9.17, 15) is 14.4 Å². The third kappa shape index (κ3) is 4.38. The number of aromatic amines is 1. The fraction of sp³-hybridized carbons (Fsp3) is 0.211. The molecule has 1 saturated heterocycles. The molecule has 2 aromatic rings. The zero-order chi connectivity index (χ0) is 19.4. The van der Waals surface area contributed by atoms with Crippen LogP contribution in [-0.4, -0.2) is 58.7 Å². The molecule has 0 unspecified atom stereocenters. The van der Waals surface area contributed by atoms with Gasteiger partial charge in [-0.05, 0) is 30.3 Å². The molecule has 3 rings (SSSR count). The number of carbonyl (C=O) groups excluding carboxylic acids is 3. The molecule has 1 fully saturated rings. The Balaban J connectivity index is 1.61. The van der Waals surface area contributed by atoms with E-state index in [0.29, 0.717) is 48.1 Å². The zero-order valence-electron chi connectivity index (χ0n) is 14.6. The maximum absolute atomic E-state index is 12.7. The zero-order valence-corrected chi connectivity index (χ0v) is 15.3. The van der Waals surface area contributed by atoms with Crippen molar-refractivity contribution in [2.45, 2.75) is 0 Å². The SMILES string of the molecule is C=CC(=O)Nc1cccc(C(=O)N2CCN(C(=O)c3cc(Cl)c[nH]3)CC2)c1. The van der Waals surface area contributed by atoms with Crippen LogP contribution in [0.5, 0.6) is 0 Å². The van der Waals surface area contributed by atoms with Crippen molar-refractivity contribution in [3.63, 3.8) is 0 Å². The normalized spacial score (nSPS) is 14.0. The number of benzene rings is 1. The Kier molecular flexibility index (Phi) is 5.61. The second-order valence-corrected chi connectivity index (χ2v) is 6.53. The van der Waals surface area contributed by atoms with Crippen LogP contribution in [0.15, 0.2) is 49.2 Å². The van der Waals surface area contributed by atoms with Crippen LogP contribution in [0.1, 0.15) is 20.8 Å². The quantitative estimate of drug-likeness (QED) is 0.791. The van der Waals surface area contributed by atoms with Gasteiger partial charge in [-0.15, -0.1) is 0 Å². The molecular formula is C19H19ClN4O3. The molecule has 8 heteroatoms. The minimum absolute atomic E-state index is 0.136. The third-order valence-electron chi connectivity index (χ3n) is 4.29. The van der Waals surface area contributed by atoms with Crippen molar-refractivity contribution in [3.8, 4) is 0 Å². The van der Waals surface area contributed by atoms with Crippen molar-refractivity contribution in [1.29, 1.82) is 0 Å². The lowest BCUT2D eigenvalue weighted by Crippen LogP contribution is -2.50. The molecule has 2 heterocycles. The van der Waals surface area contributed by atoms with E-state index in [4.69, 9.17) is 11.6 Å². The highest BCUT2D eigenvalue weighted by Gasteiger charge is 2.26. The Morgan fingerprint density at radius 1 is 1.07 bits per heavy atom. The van der Waals surface area contributed by atoms with Gasteiger partial charge in [-0.3, -0.25) is 14.4 Å². The average Bonchev–Trinajstić information content (AvgIpc) is 3.13. The van der Waals surface area contributed by atoms with E-state index in [-0.39, 0.29) is 17.7 Å². The Bertz CT molecular complexity index is 885. The van der Waals surface area contributed by atoms with Crippen LogP contribution in [0.3, 0.4) is 0 Å². The number of carbonyl (C=O) groups is 3. The summed E-state index contributed by atoms with van der Waals surface area (Å²) in [5, 5.41) is 3.12. The van der Waals surface area contributed by atoms with Crippen molar-refractivity contribution in [2.24, 2.45) is 0 Å². The monoisotopic (exact) mass is 386 g/mol. The van der Waals surface area contributed by atoms with Crippen LogP contribution >= 0.6 is 11.6 Å². The lowest BCUT2D eigenvalue weighted by Gasteiger charge is -2.34. The van der Waals surface area contributed by atoms with Crippen LogP contribution in [0.25, 0.3) is 0 Å². The van der Waals surface area contributed by atoms with E-state index >= 15 is 0 Å². The average molecular weight is 387 g/mol. The van der Waals surface area contributed by atoms with Gasteiger partial charge in [0.05, 0.1) is 5.02 Å². The van der Waals surface area contributed by atoms with Gasteiger partial charge >= 0.3 is 0 Å². The van der Waals surface area contributed by atoms with Gasteiger partial charge in [0.2, 0.25) is 5.91 Å². The highest BCUT2D eigenvalue weighted by molar-refractivity contribution is 6.30. The van der Waals surface area contributed by atoms with Gasteiger partial charge in [-0.25, -0.2) is 0 Å². The summed E-state index contributed by atoms with van der Waals surface area (Å²) in [5.41, 5.74) is 1.45. The molecule has 1 aromatic heterocycles. The van der Waals surface area contributed by atoms with Gasteiger partial charge < -0.3 is 20.1 Å². The van der Waals surface area contributed by atoms with Crippen molar-refractivity contribution in [1.82, 2.24) is 14.8 Å². The number of anilines is 1. The summed E-state index contributed by atoms with van der Waals surface area (Å²) in [5.74, 6) is -0.612. The minimum atomic E-state index is -0.337. The topological polar surface area (TPSA) is 85.5 Å². The smallest absolute Gasteiger partial charge is 0.270 e. The molecule has 3 amide bonds. The number of rotatable bonds is 4. The van der Waals surface area contributed by atoms with Crippen molar-refractivity contribution in [3.05, 3.63) is 65.5 Å². The molecule has 0 bridgehead atoms. The molecule has 27 heavy (non-hydrogen) atoms. The van der Waals surface area contributed by atoms with Gasteiger partial charge in [0.15, 0.2) is 0 Å². The van der Waals surface area contributed by atoms with E-state index in [1.165, 1.54) is 6.08 Å². The first kappa shape index (κ1) is 18.7. The van der Waals surface area contributed by atoms with Crippen LogP contribution in [-0.2, 0) is 4.79 Å². The molecule has 1 aliphatic rings. The minimum Gasteiger partial charge on any atom is -0.356 e. The van der Waals surface area contributed by atoms with Crippen LogP contribution in [0, 0.1) is 0 Å². The molecule has 0 spiro atoms. The fourth-order valence-corrected chi connectivity index (χ4v) is 3.04. The van der Waals surface area contributed by atoms with Crippen molar-refractivity contribution >= 4 is 35.0 Å². The number of halogens is 1. The van der Waals surface area contributed by atoms with Crippen molar-refractivity contribution in [2.75, 3.05) is 31.5 Å². The Morgan fingerprint density at radius 3 is 2.33 bits per heavy atom. The summed E-state index contributed by atoms with van der Waals surface area (Å²) in [6, 6.07) is 8.33. The molecular weight excluding hydrogens is 368 g/mol.